The van der Waals surface area contributed by atoms with Crippen molar-refractivity contribution in [3.63, 3.8) is 0 Å². The van der Waals surface area contributed by atoms with E-state index in [4.69, 9.17) is 10.5 Å². The maximum atomic E-state index is 11.1. The van der Waals surface area contributed by atoms with Gasteiger partial charge in [0.1, 0.15) is 0 Å². The van der Waals surface area contributed by atoms with E-state index in [0.717, 1.165) is 18.9 Å². The van der Waals surface area contributed by atoms with Crippen LogP contribution in [0, 0.1) is 11.3 Å². The molecule has 0 bridgehead atoms. The largest absolute Gasteiger partial charge is 0.376 e. The van der Waals surface area contributed by atoms with Gasteiger partial charge in [-0.15, -0.1) is 0 Å². The van der Waals surface area contributed by atoms with Gasteiger partial charge in [0.2, 0.25) is 5.91 Å². The molecule has 0 aliphatic rings. The van der Waals surface area contributed by atoms with E-state index in [9.17, 15) is 4.79 Å². The summed E-state index contributed by atoms with van der Waals surface area (Å²) in [5, 5.41) is 0. The highest BCUT2D eigenvalue weighted by Gasteiger charge is 2.29. The molecule has 2 N–H and O–H groups in total. The summed E-state index contributed by atoms with van der Waals surface area (Å²) in [5.41, 5.74) is 5.32. The minimum Gasteiger partial charge on any atom is -0.376 e. The molecule has 1 amide bonds. The second-order valence-corrected chi connectivity index (χ2v) is 10.4. The molecule has 0 aliphatic carbocycles. The van der Waals surface area contributed by atoms with Gasteiger partial charge >= 0.3 is 0 Å². The van der Waals surface area contributed by atoms with Crippen LogP contribution in [-0.4, -0.2) is 18.1 Å². The van der Waals surface area contributed by atoms with Crippen LogP contribution in [0.15, 0.2) is 0 Å². The molecule has 0 aromatic rings. The number of nitrogens with two attached hydrogens (primary N) is 1. The summed E-state index contributed by atoms with van der Waals surface area (Å²) >= 11 is 0. The highest BCUT2D eigenvalue weighted by molar-refractivity contribution is 5.73. The minimum atomic E-state index is -0.277. The molecule has 0 aromatic carbocycles. The number of carbonyl (C=O) groups excluding carboxylic acids is 1. The van der Waals surface area contributed by atoms with Gasteiger partial charge in [-0.25, -0.2) is 0 Å². The maximum Gasteiger partial charge on any atom is 0.217 e. The Kier molecular flexibility index (Phi) is 15.8. The zero-order chi connectivity index (χ0) is 22.2. The maximum absolute atomic E-state index is 11.1. The van der Waals surface area contributed by atoms with Gasteiger partial charge in [0.05, 0.1) is 5.60 Å². The summed E-state index contributed by atoms with van der Waals surface area (Å²) in [6.45, 7) is 14.4. The van der Waals surface area contributed by atoms with Gasteiger partial charge in [-0.1, -0.05) is 91.9 Å². The summed E-state index contributed by atoms with van der Waals surface area (Å²) in [4.78, 5) is 11.1. The first-order valence-corrected chi connectivity index (χ1v) is 12.6. The highest BCUT2D eigenvalue weighted by atomic mass is 16.5. The van der Waals surface area contributed by atoms with Gasteiger partial charge in [0.25, 0.3) is 0 Å². The van der Waals surface area contributed by atoms with Crippen molar-refractivity contribution in [2.45, 2.75) is 143 Å². The molecule has 0 heterocycles. The molecule has 0 aliphatic heterocycles. The lowest BCUT2D eigenvalue weighted by Crippen LogP contribution is -2.31. The van der Waals surface area contributed by atoms with E-state index < -0.39 is 0 Å². The van der Waals surface area contributed by atoms with Crippen molar-refractivity contribution >= 4 is 5.91 Å². The second kappa shape index (κ2) is 16.2. The molecule has 174 valence electrons. The van der Waals surface area contributed by atoms with E-state index in [2.05, 4.69) is 41.5 Å². The summed E-state index contributed by atoms with van der Waals surface area (Å²) < 4.78 is 6.17. The van der Waals surface area contributed by atoms with Crippen LogP contribution in [0.3, 0.4) is 0 Å². The lowest BCUT2D eigenvalue weighted by Gasteiger charge is -2.36. The minimum absolute atomic E-state index is 0.242. The lowest BCUT2D eigenvalue weighted by molar-refractivity contribution is -0.120. The fourth-order valence-corrected chi connectivity index (χ4v) is 4.21. The Morgan fingerprint density at radius 3 is 1.72 bits per heavy atom. The number of unbranched alkanes of at least 4 members (excludes halogenated alkanes) is 8. The first-order chi connectivity index (χ1) is 13.6. The SMILES string of the molecule is CCCCCCCC(CCCCCCC)C(C)(C)CCOC(C)(C)CCC(N)=O. The van der Waals surface area contributed by atoms with E-state index >= 15 is 0 Å². The Morgan fingerprint density at radius 1 is 0.793 bits per heavy atom. The van der Waals surface area contributed by atoms with Gasteiger partial charge in [-0.3, -0.25) is 4.79 Å². The number of carbonyl (C=O) groups is 1. The van der Waals surface area contributed by atoms with E-state index in [1.54, 1.807) is 0 Å². The molecule has 0 saturated heterocycles. The quantitative estimate of drug-likeness (QED) is 0.208. The third-order valence-corrected chi connectivity index (χ3v) is 6.63. The standard InChI is InChI=1S/C26H53NO2/c1-7-9-11-13-15-17-23(18-16-14-12-10-8-2)25(3,4)21-22-29-26(5,6)20-19-24(27)28/h23H,7-22H2,1-6H3,(H2,27,28). The van der Waals surface area contributed by atoms with Crippen molar-refractivity contribution in [2.24, 2.45) is 17.1 Å². The summed E-state index contributed by atoms with van der Waals surface area (Å²) in [6.07, 6.45) is 18.5. The predicted molar refractivity (Wildman–Crippen MR) is 127 cm³/mol. The normalized spacial score (nSPS) is 12.7. The molecule has 0 unspecified atom stereocenters. The number of ether oxygens (including phenoxy) is 1. The molecule has 0 aromatic heterocycles. The number of primary amides is 1. The van der Waals surface area contributed by atoms with E-state index in [0.29, 0.717) is 18.3 Å². The zero-order valence-electron chi connectivity index (χ0n) is 20.8. The van der Waals surface area contributed by atoms with Crippen LogP contribution >= 0.6 is 0 Å². The molecule has 0 fully saturated rings. The molecular formula is C26H53NO2. The number of rotatable bonds is 20. The molecule has 0 atom stereocenters. The van der Waals surface area contributed by atoms with Gasteiger partial charge in [0, 0.05) is 13.0 Å². The van der Waals surface area contributed by atoms with Crippen LogP contribution in [0.1, 0.15) is 138 Å². The second-order valence-electron chi connectivity index (χ2n) is 10.4. The Hall–Kier alpha value is -0.570. The Labute approximate surface area is 182 Å². The van der Waals surface area contributed by atoms with Gasteiger partial charge in [0.15, 0.2) is 0 Å². The van der Waals surface area contributed by atoms with E-state index in [-0.39, 0.29) is 11.5 Å². The average Bonchev–Trinajstić information content (AvgIpc) is 2.64. The van der Waals surface area contributed by atoms with E-state index in [1.165, 1.54) is 77.0 Å². The summed E-state index contributed by atoms with van der Waals surface area (Å²) in [5.74, 6) is 0.538. The van der Waals surface area contributed by atoms with Crippen LogP contribution in [0.5, 0.6) is 0 Å². The molecule has 0 radical (unpaired) electrons. The molecule has 3 heteroatoms. The van der Waals surface area contributed by atoms with Crippen LogP contribution in [0.25, 0.3) is 0 Å². The van der Waals surface area contributed by atoms with Gasteiger partial charge < -0.3 is 10.5 Å². The Morgan fingerprint density at radius 2 is 1.28 bits per heavy atom. The van der Waals surface area contributed by atoms with E-state index in [1.807, 2.05) is 0 Å². The fourth-order valence-electron chi connectivity index (χ4n) is 4.21. The molecule has 0 rings (SSSR count). The van der Waals surface area contributed by atoms with Crippen LogP contribution < -0.4 is 5.73 Å². The molecule has 0 spiro atoms. The highest BCUT2D eigenvalue weighted by Crippen LogP contribution is 2.38. The van der Waals surface area contributed by atoms with Crippen molar-refractivity contribution in [1.82, 2.24) is 0 Å². The topological polar surface area (TPSA) is 52.3 Å². The Bertz CT molecular complexity index is 390. The van der Waals surface area contributed by atoms with Crippen LogP contribution in [0.2, 0.25) is 0 Å². The van der Waals surface area contributed by atoms with Crippen molar-refractivity contribution in [2.75, 3.05) is 6.61 Å². The smallest absolute Gasteiger partial charge is 0.217 e. The van der Waals surface area contributed by atoms with Crippen LogP contribution in [0.4, 0.5) is 0 Å². The Balaban J connectivity index is 4.54. The number of hydrogen-bond acceptors (Lipinski definition) is 2. The molecule has 29 heavy (non-hydrogen) atoms. The van der Waals surface area contributed by atoms with Gasteiger partial charge in [-0.2, -0.15) is 0 Å². The van der Waals surface area contributed by atoms with Crippen LogP contribution in [-0.2, 0) is 9.53 Å². The summed E-state index contributed by atoms with van der Waals surface area (Å²) in [6, 6.07) is 0. The fraction of sp³-hybridized carbons (Fsp3) is 0.962. The predicted octanol–water partition coefficient (Wildman–Crippen LogP) is 7.80. The number of hydrogen-bond donors (Lipinski definition) is 1. The van der Waals surface area contributed by atoms with Crippen molar-refractivity contribution < 1.29 is 9.53 Å². The van der Waals surface area contributed by atoms with Crippen molar-refractivity contribution in [3.05, 3.63) is 0 Å². The first kappa shape index (κ1) is 28.4. The van der Waals surface area contributed by atoms with Crippen molar-refractivity contribution in [3.8, 4) is 0 Å². The average molecular weight is 412 g/mol. The third-order valence-electron chi connectivity index (χ3n) is 6.63. The molecule has 0 saturated carbocycles. The monoisotopic (exact) mass is 411 g/mol. The third kappa shape index (κ3) is 15.9. The summed E-state index contributed by atoms with van der Waals surface area (Å²) in [7, 11) is 0. The number of amides is 1. The first-order valence-electron chi connectivity index (χ1n) is 12.6. The molecular weight excluding hydrogens is 358 g/mol. The van der Waals surface area contributed by atoms with Crippen molar-refractivity contribution in [1.29, 1.82) is 0 Å². The lowest BCUT2D eigenvalue weighted by atomic mass is 9.71. The zero-order valence-corrected chi connectivity index (χ0v) is 20.8. The van der Waals surface area contributed by atoms with Gasteiger partial charge in [-0.05, 0) is 50.9 Å². The molecule has 3 nitrogen and oxygen atoms in total.